The Hall–Kier alpha value is -2.08. The summed E-state index contributed by atoms with van der Waals surface area (Å²) in [6, 6.07) is 7.63. The number of carbonyl (C=O) groups excluding carboxylic acids is 2. The number of rotatable bonds is 6. The second-order valence-electron chi connectivity index (χ2n) is 5.65. The minimum Gasteiger partial charge on any atom is -0.385 e. The Balaban J connectivity index is 1.80. The van der Waals surface area contributed by atoms with Gasteiger partial charge in [0.25, 0.3) is 0 Å². The fraction of sp³-hybridized carbons (Fsp3) is 0.529. The molecule has 0 aliphatic carbocycles. The molecule has 1 aromatic carbocycles. The van der Waals surface area contributed by atoms with Crippen LogP contribution in [0.3, 0.4) is 0 Å². The molecule has 1 fully saturated rings. The Labute approximate surface area is 137 Å². The minimum absolute atomic E-state index is 0.425. The van der Waals surface area contributed by atoms with E-state index in [1.807, 2.05) is 24.3 Å². The third kappa shape index (κ3) is 5.56. The van der Waals surface area contributed by atoms with Crippen molar-refractivity contribution in [2.75, 3.05) is 43.6 Å². The summed E-state index contributed by atoms with van der Waals surface area (Å²) >= 11 is 0. The lowest BCUT2D eigenvalue weighted by Crippen LogP contribution is -2.36. The van der Waals surface area contributed by atoms with E-state index < -0.39 is 11.8 Å². The molecule has 0 unspecified atom stereocenters. The van der Waals surface area contributed by atoms with E-state index in [1.165, 1.54) is 19.3 Å². The lowest BCUT2D eigenvalue weighted by molar-refractivity contribution is -0.136. The van der Waals surface area contributed by atoms with Gasteiger partial charge in [0.1, 0.15) is 0 Å². The summed E-state index contributed by atoms with van der Waals surface area (Å²) < 4.78 is 4.89. The summed E-state index contributed by atoms with van der Waals surface area (Å²) in [5.74, 6) is -1.27. The van der Waals surface area contributed by atoms with Gasteiger partial charge in [0, 0.05) is 44.7 Å². The molecule has 0 aromatic heterocycles. The van der Waals surface area contributed by atoms with Gasteiger partial charge in [0.05, 0.1) is 0 Å². The van der Waals surface area contributed by atoms with Gasteiger partial charge < -0.3 is 20.3 Å². The molecule has 126 valence electrons. The van der Waals surface area contributed by atoms with Crippen LogP contribution >= 0.6 is 0 Å². The second kappa shape index (κ2) is 9.15. The van der Waals surface area contributed by atoms with Crippen LogP contribution in [0.5, 0.6) is 0 Å². The van der Waals surface area contributed by atoms with E-state index >= 15 is 0 Å². The lowest BCUT2D eigenvalue weighted by atomic mass is 10.1. The largest absolute Gasteiger partial charge is 0.385 e. The molecule has 0 atom stereocenters. The van der Waals surface area contributed by atoms with Gasteiger partial charge >= 0.3 is 11.8 Å². The van der Waals surface area contributed by atoms with Crippen molar-refractivity contribution in [3.05, 3.63) is 24.3 Å². The third-order valence-electron chi connectivity index (χ3n) is 3.86. The number of methoxy groups -OCH3 is 1. The fourth-order valence-electron chi connectivity index (χ4n) is 2.59. The third-order valence-corrected chi connectivity index (χ3v) is 3.86. The molecule has 1 heterocycles. The van der Waals surface area contributed by atoms with E-state index in [2.05, 4.69) is 15.5 Å². The van der Waals surface area contributed by atoms with Crippen molar-refractivity contribution in [1.29, 1.82) is 0 Å². The zero-order valence-electron chi connectivity index (χ0n) is 13.6. The van der Waals surface area contributed by atoms with E-state index in [0.717, 1.165) is 18.8 Å². The van der Waals surface area contributed by atoms with Crippen LogP contribution in [-0.2, 0) is 14.3 Å². The van der Waals surface area contributed by atoms with Gasteiger partial charge in [-0.3, -0.25) is 9.59 Å². The maximum atomic E-state index is 11.8. The SMILES string of the molecule is COCCCNC(=O)C(=O)Nc1ccc(N2CCCCC2)cc1. The number of amides is 2. The van der Waals surface area contributed by atoms with Crippen LogP contribution in [0.2, 0.25) is 0 Å². The lowest BCUT2D eigenvalue weighted by Gasteiger charge is -2.28. The molecule has 0 radical (unpaired) electrons. The number of ether oxygens (including phenoxy) is 1. The van der Waals surface area contributed by atoms with Crippen molar-refractivity contribution < 1.29 is 14.3 Å². The van der Waals surface area contributed by atoms with Crippen LogP contribution in [0.1, 0.15) is 25.7 Å². The van der Waals surface area contributed by atoms with E-state index in [0.29, 0.717) is 25.3 Å². The number of hydrogen-bond donors (Lipinski definition) is 2. The highest BCUT2D eigenvalue weighted by Gasteiger charge is 2.14. The quantitative estimate of drug-likeness (QED) is 0.619. The summed E-state index contributed by atoms with van der Waals surface area (Å²) in [4.78, 5) is 25.8. The van der Waals surface area contributed by atoms with Crippen LogP contribution in [0, 0.1) is 0 Å². The minimum atomic E-state index is -0.645. The van der Waals surface area contributed by atoms with Crippen molar-refractivity contribution in [3.8, 4) is 0 Å². The van der Waals surface area contributed by atoms with E-state index in [-0.39, 0.29) is 0 Å². The molecule has 1 aliphatic rings. The average Bonchev–Trinajstić information content (AvgIpc) is 2.60. The van der Waals surface area contributed by atoms with Gasteiger partial charge in [-0.1, -0.05) is 0 Å². The van der Waals surface area contributed by atoms with Crippen LogP contribution in [-0.4, -0.2) is 45.2 Å². The number of carbonyl (C=O) groups is 2. The molecule has 1 saturated heterocycles. The first-order chi connectivity index (χ1) is 11.2. The van der Waals surface area contributed by atoms with Crippen LogP contribution in [0.15, 0.2) is 24.3 Å². The summed E-state index contributed by atoms with van der Waals surface area (Å²) in [5, 5.41) is 5.17. The molecule has 6 nitrogen and oxygen atoms in total. The molecule has 0 saturated carbocycles. The summed E-state index contributed by atoms with van der Waals surface area (Å²) in [6.45, 7) is 3.14. The molecular formula is C17H25N3O3. The first-order valence-corrected chi connectivity index (χ1v) is 8.14. The maximum Gasteiger partial charge on any atom is 0.313 e. The highest BCUT2D eigenvalue weighted by atomic mass is 16.5. The van der Waals surface area contributed by atoms with Crippen molar-refractivity contribution in [2.45, 2.75) is 25.7 Å². The fourth-order valence-corrected chi connectivity index (χ4v) is 2.59. The highest BCUT2D eigenvalue weighted by Crippen LogP contribution is 2.21. The van der Waals surface area contributed by atoms with Crippen LogP contribution in [0.4, 0.5) is 11.4 Å². The standard InChI is InChI=1S/C17H25N3O3/c1-23-13-5-10-18-16(21)17(22)19-14-6-8-15(9-7-14)20-11-3-2-4-12-20/h6-9H,2-5,10-13H2,1H3,(H,18,21)(H,19,22). The van der Waals surface area contributed by atoms with Gasteiger partial charge in [-0.15, -0.1) is 0 Å². The van der Waals surface area contributed by atoms with Gasteiger partial charge in [-0.05, 0) is 49.9 Å². The number of benzene rings is 1. The number of hydrogen-bond acceptors (Lipinski definition) is 4. The zero-order valence-corrected chi connectivity index (χ0v) is 13.6. The molecule has 0 bridgehead atoms. The zero-order chi connectivity index (χ0) is 16.5. The number of nitrogens with zero attached hydrogens (tertiary/aromatic N) is 1. The monoisotopic (exact) mass is 319 g/mol. The van der Waals surface area contributed by atoms with E-state index in [9.17, 15) is 9.59 Å². The first-order valence-electron chi connectivity index (χ1n) is 8.14. The molecule has 23 heavy (non-hydrogen) atoms. The first kappa shape index (κ1) is 17.3. The van der Waals surface area contributed by atoms with Crippen molar-refractivity contribution >= 4 is 23.2 Å². The molecule has 1 aromatic rings. The van der Waals surface area contributed by atoms with Gasteiger partial charge in [0.15, 0.2) is 0 Å². The predicted molar refractivity (Wildman–Crippen MR) is 90.6 cm³/mol. The Bertz CT molecular complexity index is 510. The second-order valence-corrected chi connectivity index (χ2v) is 5.65. The Morgan fingerprint density at radius 2 is 1.78 bits per heavy atom. The predicted octanol–water partition coefficient (Wildman–Crippen LogP) is 1.77. The van der Waals surface area contributed by atoms with Gasteiger partial charge in [-0.2, -0.15) is 0 Å². The van der Waals surface area contributed by atoms with Gasteiger partial charge in [-0.25, -0.2) is 0 Å². The molecule has 2 rings (SSSR count). The van der Waals surface area contributed by atoms with Crippen molar-refractivity contribution in [2.24, 2.45) is 0 Å². The Morgan fingerprint density at radius 3 is 2.43 bits per heavy atom. The molecule has 2 amide bonds. The Morgan fingerprint density at radius 1 is 1.09 bits per heavy atom. The highest BCUT2D eigenvalue weighted by molar-refractivity contribution is 6.39. The maximum absolute atomic E-state index is 11.8. The number of nitrogens with one attached hydrogen (secondary N) is 2. The van der Waals surface area contributed by atoms with Crippen LogP contribution < -0.4 is 15.5 Å². The Kier molecular flexibility index (Phi) is 6.87. The topological polar surface area (TPSA) is 70.7 Å². The van der Waals surface area contributed by atoms with E-state index in [1.54, 1.807) is 7.11 Å². The molecule has 1 aliphatic heterocycles. The van der Waals surface area contributed by atoms with Crippen molar-refractivity contribution in [1.82, 2.24) is 5.32 Å². The number of piperidine rings is 1. The van der Waals surface area contributed by atoms with Gasteiger partial charge in [0.2, 0.25) is 0 Å². The molecular weight excluding hydrogens is 294 g/mol. The summed E-state index contributed by atoms with van der Waals surface area (Å²) in [6.07, 6.45) is 4.42. The summed E-state index contributed by atoms with van der Waals surface area (Å²) in [7, 11) is 1.60. The molecule has 0 spiro atoms. The average molecular weight is 319 g/mol. The van der Waals surface area contributed by atoms with Crippen LogP contribution in [0.25, 0.3) is 0 Å². The number of anilines is 2. The van der Waals surface area contributed by atoms with E-state index in [4.69, 9.17) is 4.74 Å². The summed E-state index contributed by atoms with van der Waals surface area (Å²) in [5.41, 5.74) is 1.79. The molecule has 2 N–H and O–H groups in total. The normalized spacial score (nSPS) is 14.4. The smallest absolute Gasteiger partial charge is 0.313 e. The van der Waals surface area contributed by atoms with Crippen molar-refractivity contribution in [3.63, 3.8) is 0 Å². The molecule has 6 heteroatoms.